The molecule has 176 valence electrons. The molecule has 2 aliphatic rings. The van der Waals surface area contributed by atoms with E-state index in [1.165, 1.54) is 6.92 Å². The minimum Gasteiger partial charge on any atom is -0.368 e. The standard InChI is InChI=1S/C24H28ClN3O4S/c1-17(33(31,32)22-7-8-23-19(16-22)9-10-28(23)18(2)29)15-24(30)27-13-11-26(12-14-27)21-5-3-20(25)4-6-21/h3-8,16-17H,9-15H2,1-2H3/t17-/m0/s1. The summed E-state index contributed by atoms with van der Waals surface area (Å²) >= 11 is 5.96. The number of benzene rings is 2. The summed E-state index contributed by atoms with van der Waals surface area (Å²) in [5.41, 5.74) is 2.68. The highest BCUT2D eigenvalue weighted by Crippen LogP contribution is 2.32. The number of hydrogen-bond donors (Lipinski definition) is 0. The lowest BCUT2D eigenvalue weighted by atomic mass is 10.2. The number of amides is 2. The highest BCUT2D eigenvalue weighted by atomic mass is 35.5. The number of nitrogens with zero attached hydrogens (tertiary/aromatic N) is 3. The van der Waals surface area contributed by atoms with E-state index in [0.717, 1.165) is 16.9 Å². The number of halogens is 1. The number of anilines is 2. The van der Waals surface area contributed by atoms with Gasteiger partial charge in [-0.05, 0) is 61.4 Å². The number of fused-ring (bicyclic) bond motifs is 1. The molecule has 0 bridgehead atoms. The Labute approximate surface area is 199 Å². The number of piperazine rings is 1. The highest BCUT2D eigenvalue weighted by Gasteiger charge is 2.31. The molecule has 7 nitrogen and oxygen atoms in total. The Bertz CT molecular complexity index is 1160. The zero-order valence-corrected chi connectivity index (χ0v) is 20.4. The molecule has 0 aliphatic carbocycles. The summed E-state index contributed by atoms with van der Waals surface area (Å²) < 4.78 is 26.3. The van der Waals surface area contributed by atoms with Crippen molar-refractivity contribution in [1.29, 1.82) is 0 Å². The molecule has 2 aromatic rings. The van der Waals surface area contributed by atoms with Crippen molar-refractivity contribution >= 4 is 44.6 Å². The lowest BCUT2D eigenvalue weighted by molar-refractivity contribution is -0.131. The molecule has 33 heavy (non-hydrogen) atoms. The molecule has 0 spiro atoms. The van der Waals surface area contributed by atoms with Gasteiger partial charge in [-0.1, -0.05) is 11.6 Å². The zero-order chi connectivity index (χ0) is 23.8. The van der Waals surface area contributed by atoms with Crippen molar-refractivity contribution in [2.24, 2.45) is 0 Å². The third-order valence-electron chi connectivity index (χ3n) is 6.47. The minimum absolute atomic E-state index is 0.0556. The molecule has 4 rings (SSSR count). The van der Waals surface area contributed by atoms with E-state index in [2.05, 4.69) is 4.90 Å². The number of rotatable bonds is 5. The van der Waals surface area contributed by atoms with Crippen molar-refractivity contribution in [3.05, 3.63) is 53.1 Å². The summed E-state index contributed by atoms with van der Waals surface area (Å²) in [6.45, 7) is 6.12. The van der Waals surface area contributed by atoms with Crippen LogP contribution in [0.2, 0.25) is 5.02 Å². The van der Waals surface area contributed by atoms with Crippen LogP contribution in [0.5, 0.6) is 0 Å². The molecule has 2 aromatic carbocycles. The lowest BCUT2D eigenvalue weighted by Gasteiger charge is -2.36. The smallest absolute Gasteiger partial charge is 0.224 e. The second-order valence-electron chi connectivity index (χ2n) is 8.62. The van der Waals surface area contributed by atoms with Crippen LogP contribution in [0.25, 0.3) is 0 Å². The Morgan fingerprint density at radius 2 is 1.67 bits per heavy atom. The van der Waals surface area contributed by atoms with Gasteiger partial charge in [0.2, 0.25) is 11.8 Å². The maximum Gasteiger partial charge on any atom is 0.224 e. The fourth-order valence-electron chi connectivity index (χ4n) is 4.47. The number of sulfone groups is 1. The molecule has 0 saturated carbocycles. The van der Waals surface area contributed by atoms with E-state index in [0.29, 0.717) is 44.2 Å². The van der Waals surface area contributed by atoms with Crippen molar-refractivity contribution in [3.63, 3.8) is 0 Å². The highest BCUT2D eigenvalue weighted by molar-refractivity contribution is 7.92. The number of carbonyl (C=O) groups excluding carboxylic acids is 2. The van der Waals surface area contributed by atoms with Gasteiger partial charge in [0.1, 0.15) is 0 Å². The number of carbonyl (C=O) groups is 2. The zero-order valence-electron chi connectivity index (χ0n) is 18.8. The first kappa shape index (κ1) is 23.6. The van der Waals surface area contributed by atoms with Gasteiger partial charge in [-0.3, -0.25) is 9.59 Å². The molecule has 2 amide bonds. The van der Waals surface area contributed by atoms with Crippen LogP contribution in [0.3, 0.4) is 0 Å². The van der Waals surface area contributed by atoms with Gasteiger partial charge in [0.15, 0.2) is 9.84 Å². The van der Waals surface area contributed by atoms with E-state index >= 15 is 0 Å². The summed E-state index contributed by atoms with van der Waals surface area (Å²) in [4.78, 5) is 30.4. The van der Waals surface area contributed by atoms with Crippen LogP contribution < -0.4 is 9.80 Å². The number of hydrogen-bond acceptors (Lipinski definition) is 5. The van der Waals surface area contributed by atoms with Crippen LogP contribution in [-0.4, -0.2) is 63.1 Å². The van der Waals surface area contributed by atoms with Gasteiger partial charge in [-0.15, -0.1) is 0 Å². The predicted molar refractivity (Wildman–Crippen MR) is 130 cm³/mol. The first-order valence-corrected chi connectivity index (χ1v) is 13.0. The molecule has 0 N–H and O–H groups in total. The summed E-state index contributed by atoms with van der Waals surface area (Å²) in [5, 5.41) is -0.148. The van der Waals surface area contributed by atoms with Crippen LogP contribution >= 0.6 is 11.6 Å². The second-order valence-corrected chi connectivity index (χ2v) is 11.4. The van der Waals surface area contributed by atoms with Crippen molar-refractivity contribution in [2.45, 2.75) is 36.8 Å². The molecule has 0 aromatic heterocycles. The van der Waals surface area contributed by atoms with Crippen LogP contribution in [0, 0.1) is 0 Å². The molecule has 2 heterocycles. The van der Waals surface area contributed by atoms with Gasteiger partial charge in [0.05, 0.1) is 10.1 Å². The van der Waals surface area contributed by atoms with Gasteiger partial charge >= 0.3 is 0 Å². The van der Waals surface area contributed by atoms with Crippen LogP contribution in [0.15, 0.2) is 47.4 Å². The van der Waals surface area contributed by atoms with Gasteiger partial charge < -0.3 is 14.7 Å². The molecule has 9 heteroatoms. The summed E-state index contributed by atoms with van der Waals surface area (Å²) in [6.07, 6.45) is 0.573. The van der Waals surface area contributed by atoms with Crippen LogP contribution in [-0.2, 0) is 25.8 Å². The summed E-state index contributed by atoms with van der Waals surface area (Å²) in [7, 11) is -3.66. The molecule has 0 unspecified atom stereocenters. The monoisotopic (exact) mass is 489 g/mol. The topological polar surface area (TPSA) is 78.0 Å². The van der Waals surface area contributed by atoms with Gasteiger partial charge in [-0.25, -0.2) is 8.42 Å². The third kappa shape index (κ3) is 4.87. The van der Waals surface area contributed by atoms with E-state index in [1.54, 1.807) is 34.9 Å². The fourth-order valence-corrected chi connectivity index (χ4v) is 5.98. The third-order valence-corrected chi connectivity index (χ3v) is 8.86. The molecule has 2 aliphatic heterocycles. The fraction of sp³-hybridized carbons (Fsp3) is 0.417. The van der Waals surface area contributed by atoms with E-state index in [9.17, 15) is 18.0 Å². The molecule has 1 atom stereocenters. The van der Waals surface area contributed by atoms with Crippen molar-refractivity contribution in [2.75, 3.05) is 42.5 Å². The second kappa shape index (κ2) is 9.35. The first-order chi connectivity index (χ1) is 15.7. The van der Waals surface area contributed by atoms with Crippen molar-refractivity contribution in [3.8, 4) is 0 Å². The molecule has 1 saturated heterocycles. The molecular weight excluding hydrogens is 462 g/mol. The van der Waals surface area contributed by atoms with Crippen molar-refractivity contribution in [1.82, 2.24) is 4.90 Å². The largest absolute Gasteiger partial charge is 0.368 e. The normalized spacial score (nSPS) is 17.1. The predicted octanol–water partition coefficient (Wildman–Crippen LogP) is 3.15. The maximum atomic E-state index is 13.2. The van der Waals surface area contributed by atoms with Gasteiger partial charge in [-0.2, -0.15) is 0 Å². The average molecular weight is 490 g/mol. The van der Waals surface area contributed by atoms with E-state index < -0.39 is 15.1 Å². The average Bonchev–Trinajstić information content (AvgIpc) is 3.23. The van der Waals surface area contributed by atoms with E-state index in [4.69, 9.17) is 11.6 Å². The van der Waals surface area contributed by atoms with Gasteiger partial charge in [0, 0.05) is 62.5 Å². The quantitative estimate of drug-likeness (QED) is 0.644. The summed E-state index contributed by atoms with van der Waals surface area (Å²) in [6, 6.07) is 12.5. The molecule has 1 fully saturated rings. The minimum atomic E-state index is -3.66. The van der Waals surface area contributed by atoms with E-state index in [-0.39, 0.29) is 23.1 Å². The Morgan fingerprint density at radius 3 is 2.30 bits per heavy atom. The summed E-state index contributed by atoms with van der Waals surface area (Å²) in [5.74, 6) is -0.203. The lowest BCUT2D eigenvalue weighted by Crippen LogP contribution is -2.49. The Kier molecular flexibility index (Phi) is 6.68. The molecule has 0 radical (unpaired) electrons. The van der Waals surface area contributed by atoms with Crippen LogP contribution in [0.4, 0.5) is 11.4 Å². The van der Waals surface area contributed by atoms with Crippen molar-refractivity contribution < 1.29 is 18.0 Å². The Balaban J connectivity index is 1.38. The first-order valence-electron chi connectivity index (χ1n) is 11.1. The SMILES string of the molecule is CC(=O)N1CCc2cc(S(=O)(=O)[C@@H](C)CC(=O)N3CCN(c4ccc(Cl)cc4)CC3)ccc21. The van der Waals surface area contributed by atoms with E-state index in [1.807, 2.05) is 24.3 Å². The van der Waals surface area contributed by atoms with Crippen LogP contribution in [0.1, 0.15) is 25.8 Å². The molecular formula is C24H28ClN3O4S. The maximum absolute atomic E-state index is 13.2. The Hall–Kier alpha value is -2.58. The van der Waals surface area contributed by atoms with Gasteiger partial charge in [0.25, 0.3) is 0 Å². The Morgan fingerprint density at radius 1 is 1.00 bits per heavy atom.